The molecular formula is C9H14O2. The number of hydrogen-bond acceptors (Lipinski definition) is 2. The van der Waals surface area contributed by atoms with Gasteiger partial charge in [-0.3, -0.25) is 0 Å². The van der Waals surface area contributed by atoms with E-state index in [0.717, 1.165) is 18.6 Å². The van der Waals surface area contributed by atoms with Gasteiger partial charge in [-0.2, -0.15) is 0 Å². The van der Waals surface area contributed by atoms with E-state index in [0.29, 0.717) is 12.5 Å². The van der Waals surface area contributed by atoms with E-state index in [-0.39, 0.29) is 5.60 Å². The number of carbonyl (C=O) groups is 1. The average Bonchev–Trinajstić information content (AvgIpc) is 2.73. The Morgan fingerprint density at radius 3 is 2.91 bits per heavy atom. The molecule has 3 atom stereocenters. The molecule has 0 heterocycles. The molecule has 2 saturated carbocycles. The highest BCUT2D eigenvalue weighted by Gasteiger charge is 2.58. The molecule has 2 aliphatic rings. The van der Waals surface area contributed by atoms with Gasteiger partial charge in [-0.1, -0.05) is 0 Å². The second kappa shape index (κ2) is 2.31. The van der Waals surface area contributed by atoms with Crippen molar-refractivity contribution in [3.8, 4) is 0 Å². The van der Waals surface area contributed by atoms with Gasteiger partial charge in [-0.15, -0.1) is 0 Å². The van der Waals surface area contributed by atoms with Gasteiger partial charge in [-0.25, -0.2) is 0 Å². The molecule has 0 aromatic heterocycles. The van der Waals surface area contributed by atoms with Gasteiger partial charge in [0, 0.05) is 6.61 Å². The number of carbonyl (C=O) groups excluding carboxylic acids is 1. The topological polar surface area (TPSA) is 26.3 Å². The van der Waals surface area contributed by atoms with E-state index in [1.807, 2.05) is 6.92 Å². The highest BCUT2D eigenvalue weighted by Crippen LogP contribution is 2.58. The van der Waals surface area contributed by atoms with Crippen LogP contribution in [0, 0.1) is 11.8 Å². The highest BCUT2D eigenvalue weighted by molar-refractivity contribution is 5.65. The summed E-state index contributed by atoms with van der Waals surface area (Å²) < 4.78 is 5.53. The third-order valence-corrected chi connectivity index (χ3v) is 3.07. The molecule has 2 fully saturated rings. The zero-order chi connectivity index (χ0) is 7.90. The molecule has 3 unspecified atom stereocenters. The molecule has 0 aromatic carbocycles. The number of fused-ring (bicyclic) bond motifs is 1. The minimum atomic E-state index is -0.362. The Morgan fingerprint density at radius 1 is 1.73 bits per heavy atom. The molecule has 0 amide bonds. The van der Waals surface area contributed by atoms with Crippen molar-refractivity contribution in [2.45, 2.75) is 31.8 Å². The molecule has 2 rings (SSSR count). The molecule has 0 aliphatic heterocycles. The van der Waals surface area contributed by atoms with Crippen LogP contribution in [0.4, 0.5) is 0 Å². The Hall–Kier alpha value is -0.370. The van der Waals surface area contributed by atoms with Crippen molar-refractivity contribution in [2.75, 3.05) is 6.61 Å². The number of rotatable bonds is 3. The normalized spacial score (nSPS) is 47.0. The first kappa shape index (κ1) is 7.29. The Bertz CT molecular complexity index is 178. The van der Waals surface area contributed by atoms with Gasteiger partial charge in [-0.05, 0) is 38.0 Å². The van der Waals surface area contributed by atoms with Crippen LogP contribution in [0.3, 0.4) is 0 Å². The van der Waals surface area contributed by atoms with E-state index in [9.17, 15) is 4.79 Å². The summed E-state index contributed by atoms with van der Waals surface area (Å²) in [6.07, 6.45) is 4.41. The van der Waals surface area contributed by atoms with E-state index in [2.05, 4.69) is 0 Å². The van der Waals surface area contributed by atoms with E-state index < -0.39 is 0 Å². The summed E-state index contributed by atoms with van der Waals surface area (Å²) in [6, 6.07) is 0. The molecule has 0 bridgehead atoms. The second-order valence-corrected chi connectivity index (χ2v) is 3.65. The largest absolute Gasteiger partial charge is 0.368 e. The minimum absolute atomic E-state index is 0.362. The first-order chi connectivity index (χ1) is 5.32. The zero-order valence-electron chi connectivity index (χ0n) is 6.88. The Kier molecular flexibility index (Phi) is 1.53. The summed E-state index contributed by atoms with van der Waals surface area (Å²) in [4.78, 5) is 10.8. The van der Waals surface area contributed by atoms with Crippen LogP contribution < -0.4 is 0 Å². The lowest BCUT2D eigenvalue weighted by Crippen LogP contribution is -2.34. The predicted molar refractivity (Wildman–Crippen MR) is 41.3 cm³/mol. The fourth-order valence-corrected chi connectivity index (χ4v) is 2.39. The number of ether oxygens (including phenoxy) is 1. The van der Waals surface area contributed by atoms with Crippen molar-refractivity contribution in [1.29, 1.82) is 0 Å². The predicted octanol–water partition coefficient (Wildman–Crippen LogP) is 1.39. The fraction of sp³-hybridized carbons (Fsp3) is 0.889. The molecule has 2 nitrogen and oxygen atoms in total. The Labute approximate surface area is 66.9 Å². The maximum Gasteiger partial charge on any atom is 0.152 e. The lowest BCUT2D eigenvalue weighted by molar-refractivity contribution is -0.132. The van der Waals surface area contributed by atoms with Crippen molar-refractivity contribution >= 4 is 6.29 Å². The molecule has 0 saturated heterocycles. The maximum absolute atomic E-state index is 10.8. The van der Waals surface area contributed by atoms with Crippen molar-refractivity contribution < 1.29 is 9.53 Å². The summed E-state index contributed by atoms with van der Waals surface area (Å²) in [6.45, 7) is 2.63. The minimum Gasteiger partial charge on any atom is -0.368 e. The molecule has 0 N–H and O–H groups in total. The lowest BCUT2D eigenvalue weighted by atomic mass is 9.99. The van der Waals surface area contributed by atoms with Gasteiger partial charge >= 0.3 is 0 Å². The van der Waals surface area contributed by atoms with E-state index >= 15 is 0 Å². The summed E-state index contributed by atoms with van der Waals surface area (Å²) in [7, 11) is 0. The van der Waals surface area contributed by atoms with Crippen LogP contribution in [0.25, 0.3) is 0 Å². The quantitative estimate of drug-likeness (QED) is 0.574. The van der Waals surface area contributed by atoms with E-state index in [1.165, 1.54) is 12.8 Å². The molecule has 0 aromatic rings. The third-order valence-electron chi connectivity index (χ3n) is 3.07. The highest BCUT2D eigenvalue weighted by atomic mass is 16.5. The van der Waals surface area contributed by atoms with Gasteiger partial charge in [0.2, 0.25) is 0 Å². The monoisotopic (exact) mass is 154 g/mol. The Balaban J connectivity index is 2.09. The van der Waals surface area contributed by atoms with Gasteiger partial charge < -0.3 is 9.53 Å². The van der Waals surface area contributed by atoms with Crippen LogP contribution in [0.1, 0.15) is 26.2 Å². The van der Waals surface area contributed by atoms with Crippen LogP contribution in [-0.4, -0.2) is 18.5 Å². The molecule has 0 spiro atoms. The van der Waals surface area contributed by atoms with Crippen molar-refractivity contribution in [3.05, 3.63) is 0 Å². The second-order valence-electron chi connectivity index (χ2n) is 3.65. The summed E-state index contributed by atoms with van der Waals surface area (Å²) in [5, 5.41) is 0. The molecule has 62 valence electrons. The number of hydrogen-bond donors (Lipinski definition) is 0. The SMILES string of the molecule is CCOC1(C=O)CCC2CC21. The molecule has 2 heteroatoms. The van der Waals surface area contributed by atoms with Crippen LogP contribution in [0.2, 0.25) is 0 Å². The fourth-order valence-electron chi connectivity index (χ4n) is 2.39. The van der Waals surface area contributed by atoms with Gasteiger partial charge in [0.1, 0.15) is 5.60 Å². The summed E-state index contributed by atoms with van der Waals surface area (Å²) >= 11 is 0. The molecule has 2 aliphatic carbocycles. The van der Waals surface area contributed by atoms with Crippen molar-refractivity contribution in [1.82, 2.24) is 0 Å². The van der Waals surface area contributed by atoms with Gasteiger partial charge in [0.25, 0.3) is 0 Å². The van der Waals surface area contributed by atoms with Crippen LogP contribution >= 0.6 is 0 Å². The maximum atomic E-state index is 10.8. The van der Waals surface area contributed by atoms with Crippen LogP contribution in [-0.2, 0) is 9.53 Å². The van der Waals surface area contributed by atoms with Gasteiger partial charge in [0.05, 0.1) is 0 Å². The molecule has 11 heavy (non-hydrogen) atoms. The van der Waals surface area contributed by atoms with Crippen molar-refractivity contribution in [3.63, 3.8) is 0 Å². The smallest absolute Gasteiger partial charge is 0.152 e. The van der Waals surface area contributed by atoms with Gasteiger partial charge in [0.15, 0.2) is 6.29 Å². The van der Waals surface area contributed by atoms with E-state index in [1.54, 1.807) is 0 Å². The van der Waals surface area contributed by atoms with E-state index in [4.69, 9.17) is 4.74 Å². The molecular weight excluding hydrogens is 140 g/mol. The standard InChI is InChI=1S/C9H14O2/c1-2-11-9(6-10)4-3-7-5-8(7)9/h6-8H,2-5H2,1H3. The average molecular weight is 154 g/mol. The van der Waals surface area contributed by atoms with Crippen molar-refractivity contribution in [2.24, 2.45) is 11.8 Å². The first-order valence-electron chi connectivity index (χ1n) is 4.42. The zero-order valence-corrected chi connectivity index (χ0v) is 6.88. The molecule has 0 radical (unpaired) electrons. The summed E-state index contributed by atoms with van der Waals surface area (Å²) in [5.74, 6) is 1.38. The number of aldehydes is 1. The van der Waals surface area contributed by atoms with Crippen LogP contribution in [0.5, 0.6) is 0 Å². The Morgan fingerprint density at radius 2 is 2.55 bits per heavy atom. The van der Waals surface area contributed by atoms with Crippen LogP contribution in [0.15, 0.2) is 0 Å². The summed E-state index contributed by atoms with van der Waals surface area (Å²) in [5.41, 5.74) is -0.362. The lowest BCUT2D eigenvalue weighted by Gasteiger charge is -2.23. The first-order valence-corrected chi connectivity index (χ1v) is 4.42. The third kappa shape index (κ3) is 0.924.